The normalized spacial score (nSPS) is 10.6. The van der Waals surface area contributed by atoms with Gasteiger partial charge in [-0.2, -0.15) is 0 Å². The topological polar surface area (TPSA) is 49.7 Å². The maximum atomic E-state index is 9.06. The molecule has 0 unspecified atom stereocenters. The molecule has 21 heavy (non-hydrogen) atoms. The minimum absolute atomic E-state index is 0.451. The van der Waals surface area contributed by atoms with Crippen LogP contribution < -0.4 is 10.2 Å². The lowest BCUT2D eigenvalue weighted by atomic mass is 9.80. The van der Waals surface area contributed by atoms with Gasteiger partial charge < -0.3 is 14.8 Å². The maximum absolute atomic E-state index is 9.06. The number of benzene rings is 3. The summed E-state index contributed by atoms with van der Waals surface area (Å²) in [5, 5.41) is 20.5. The first-order chi connectivity index (χ1) is 10.2. The highest BCUT2D eigenvalue weighted by Crippen LogP contribution is 2.20. The smallest absolute Gasteiger partial charge is 0.488 e. The zero-order valence-corrected chi connectivity index (χ0v) is 11.4. The van der Waals surface area contributed by atoms with Crippen LogP contribution in [-0.4, -0.2) is 17.2 Å². The second kappa shape index (κ2) is 6.00. The second-order valence-corrected chi connectivity index (χ2v) is 4.87. The molecule has 2 N–H and O–H groups in total. The summed E-state index contributed by atoms with van der Waals surface area (Å²) in [6.07, 6.45) is 0. The van der Waals surface area contributed by atoms with E-state index in [1.807, 2.05) is 24.3 Å². The monoisotopic (exact) mass is 278 g/mol. The van der Waals surface area contributed by atoms with E-state index in [1.165, 1.54) is 10.8 Å². The Labute approximate surface area is 123 Å². The maximum Gasteiger partial charge on any atom is 0.488 e. The van der Waals surface area contributed by atoms with Gasteiger partial charge in [0.25, 0.3) is 0 Å². The Morgan fingerprint density at radius 3 is 2.29 bits per heavy atom. The van der Waals surface area contributed by atoms with Gasteiger partial charge in [0.05, 0.1) is 0 Å². The average Bonchev–Trinajstić information content (AvgIpc) is 2.53. The van der Waals surface area contributed by atoms with Gasteiger partial charge in [-0.1, -0.05) is 54.6 Å². The van der Waals surface area contributed by atoms with E-state index < -0.39 is 7.12 Å². The Morgan fingerprint density at radius 1 is 0.810 bits per heavy atom. The molecule has 0 saturated carbocycles. The first-order valence-corrected chi connectivity index (χ1v) is 6.79. The first kappa shape index (κ1) is 13.7. The van der Waals surface area contributed by atoms with E-state index in [1.54, 1.807) is 24.3 Å². The summed E-state index contributed by atoms with van der Waals surface area (Å²) in [4.78, 5) is 0. The minimum atomic E-state index is -1.45. The third kappa shape index (κ3) is 3.07. The van der Waals surface area contributed by atoms with Gasteiger partial charge in [0.1, 0.15) is 12.4 Å². The van der Waals surface area contributed by atoms with E-state index in [-0.39, 0.29) is 0 Å². The number of fused-ring (bicyclic) bond motifs is 1. The molecule has 0 spiro atoms. The van der Waals surface area contributed by atoms with Crippen molar-refractivity contribution in [1.29, 1.82) is 0 Å². The summed E-state index contributed by atoms with van der Waals surface area (Å²) >= 11 is 0. The first-order valence-electron chi connectivity index (χ1n) is 6.79. The van der Waals surface area contributed by atoms with Gasteiger partial charge in [-0.25, -0.2) is 0 Å². The Bertz CT molecular complexity index is 733. The van der Waals surface area contributed by atoms with Crippen molar-refractivity contribution in [3.8, 4) is 5.75 Å². The minimum Gasteiger partial charge on any atom is -0.489 e. The van der Waals surface area contributed by atoms with E-state index in [2.05, 4.69) is 18.2 Å². The molecule has 4 heteroatoms. The number of rotatable bonds is 4. The molecule has 0 amide bonds. The van der Waals surface area contributed by atoms with Gasteiger partial charge in [-0.05, 0) is 33.9 Å². The van der Waals surface area contributed by atoms with Crippen LogP contribution in [0.15, 0.2) is 66.7 Å². The summed E-state index contributed by atoms with van der Waals surface area (Å²) in [5.74, 6) is 0.701. The van der Waals surface area contributed by atoms with Gasteiger partial charge in [-0.3, -0.25) is 0 Å². The third-order valence-corrected chi connectivity index (χ3v) is 3.45. The average molecular weight is 278 g/mol. The van der Waals surface area contributed by atoms with E-state index in [0.717, 1.165) is 5.56 Å². The Hall–Kier alpha value is -2.30. The SMILES string of the molecule is OB(O)c1ccc(OCc2cccc3ccccc23)cc1. The van der Waals surface area contributed by atoms with Crippen LogP contribution in [-0.2, 0) is 6.61 Å². The number of ether oxygens (including phenoxy) is 1. The zero-order chi connectivity index (χ0) is 14.7. The molecule has 0 fully saturated rings. The molecule has 3 nitrogen and oxygen atoms in total. The lowest BCUT2D eigenvalue weighted by molar-refractivity contribution is 0.307. The van der Waals surface area contributed by atoms with Gasteiger partial charge in [0, 0.05) is 0 Å². The van der Waals surface area contributed by atoms with Crippen molar-refractivity contribution in [3.63, 3.8) is 0 Å². The van der Waals surface area contributed by atoms with Gasteiger partial charge in [0.15, 0.2) is 0 Å². The molecule has 104 valence electrons. The third-order valence-electron chi connectivity index (χ3n) is 3.45. The van der Waals surface area contributed by atoms with Crippen molar-refractivity contribution in [2.24, 2.45) is 0 Å². The van der Waals surface area contributed by atoms with Crippen LogP contribution in [0.3, 0.4) is 0 Å². The summed E-state index contributed by atoms with van der Waals surface area (Å²) < 4.78 is 5.77. The van der Waals surface area contributed by atoms with Crippen LogP contribution in [0.2, 0.25) is 0 Å². The van der Waals surface area contributed by atoms with Crippen molar-refractivity contribution in [1.82, 2.24) is 0 Å². The van der Waals surface area contributed by atoms with Crippen molar-refractivity contribution < 1.29 is 14.8 Å². The summed E-state index contributed by atoms with van der Waals surface area (Å²) in [6, 6.07) is 21.1. The summed E-state index contributed by atoms with van der Waals surface area (Å²) in [7, 11) is -1.45. The predicted octanol–water partition coefficient (Wildman–Crippen LogP) is 2.10. The van der Waals surface area contributed by atoms with E-state index >= 15 is 0 Å². The summed E-state index contributed by atoms with van der Waals surface area (Å²) in [6.45, 7) is 0.475. The molecular formula is C17H15BO3. The molecule has 0 bridgehead atoms. The Morgan fingerprint density at radius 2 is 1.52 bits per heavy atom. The molecule has 0 atom stereocenters. The van der Waals surface area contributed by atoms with Gasteiger partial charge >= 0.3 is 7.12 Å². The lowest BCUT2D eigenvalue weighted by Crippen LogP contribution is -2.29. The van der Waals surface area contributed by atoms with E-state index in [0.29, 0.717) is 17.8 Å². The standard InChI is InChI=1S/C17H15BO3/c19-18(20)15-8-10-16(11-9-15)21-12-14-6-3-5-13-4-1-2-7-17(13)14/h1-11,19-20H,12H2. The zero-order valence-electron chi connectivity index (χ0n) is 11.4. The molecule has 0 heterocycles. The van der Waals surface area contributed by atoms with E-state index in [4.69, 9.17) is 14.8 Å². The van der Waals surface area contributed by atoms with Crippen molar-refractivity contribution in [2.75, 3.05) is 0 Å². The molecule has 0 saturated heterocycles. The highest BCUT2D eigenvalue weighted by Gasteiger charge is 2.10. The van der Waals surface area contributed by atoms with Crippen LogP contribution in [0.5, 0.6) is 5.75 Å². The van der Waals surface area contributed by atoms with Crippen LogP contribution in [0.1, 0.15) is 5.56 Å². The van der Waals surface area contributed by atoms with Crippen LogP contribution in [0.25, 0.3) is 10.8 Å². The van der Waals surface area contributed by atoms with Crippen LogP contribution >= 0.6 is 0 Å². The van der Waals surface area contributed by atoms with Crippen LogP contribution in [0.4, 0.5) is 0 Å². The fourth-order valence-electron chi connectivity index (χ4n) is 2.32. The van der Waals surface area contributed by atoms with Gasteiger partial charge in [0.2, 0.25) is 0 Å². The molecule has 0 aromatic heterocycles. The molecule has 0 aliphatic heterocycles. The quantitative estimate of drug-likeness (QED) is 0.718. The Balaban J connectivity index is 1.77. The molecular weight excluding hydrogens is 263 g/mol. The van der Waals surface area contributed by atoms with Crippen LogP contribution in [0, 0.1) is 0 Å². The largest absolute Gasteiger partial charge is 0.489 e. The number of hydrogen-bond donors (Lipinski definition) is 2. The van der Waals surface area contributed by atoms with Gasteiger partial charge in [-0.15, -0.1) is 0 Å². The summed E-state index contributed by atoms with van der Waals surface area (Å²) in [5.41, 5.74) is 1.58. The van der Waals surface area contributed by atoms with Crippen molar-refractivity contribution in [2.45, 2.75) is 6.61 Å². The molecule has 0 aliphatic carbocycles. The number of hydrogen-bond acceptors (Lipinski definition) is 3. The Kier molecular flexibility index (Phi) is 3.91. The van der Waals surface area contributed by atoms with Crippen molar-refractivity contribution >= 4 is 23.4 Å². The highest BCUT2D eigenvalue weighted by atomic mass is 16.5. The fourth-order valence-corrected chi connectivity index (χ4v) is 2.32. The lowest BCUT2D eigenvalue weighted by Gasteiger charge is -2.09. The van der Waals surface area contributed by atoms with Crippen molar-refractivity contribution in [3.05, 3.63) is 72.3 Å². The molecule has 0 aliphatic rings. The molecule has 3 aromatic rings. The molecule has 3 rings (SSSR count). The highest BCUT2D eigenvalue weighted by molar-refractivity contribution is 6.58. The van der Waals surface area contributed by atoms with E-state index in [9.17, 15) is 0 Å². The second-order valence-electron chi connectivity index (χ2n) is 4.87. The molecule has 0 radical (unpaired) electrons. The predicted molar refractivity (Wildman–Crippen MR) is 84.5 cm³/mol. The fraction of sp³-hybridized carbons (Fsp3) is 0.0588. The molecule has 3 aromatic carbocycles.